The fourth-order valence-corrected chi connectivity index (χ4v) is 1.06. The van der Waals surface area contributed by atoms with Gasteiger partial charge < -0.3 is 9.53 Å². The Bertz CT molecular complexity index is 143. The Kier molecular flexibility index (Phi) is 6.34. The van der Waals surface area contributed by atoms with E-state index in [2.05, 4.69) is 0 Å². The van der Waals surface area contributed by atoms with Crippen molar-refractivity contribution in [3.8, 4) is 0 Å². The van der Waals surface area contributed by atoms with E-state index in [1.807, 2.05) is 6.92 Å². The highest BCUT2D eigenvalue weighted by Crippen LogP contribution is 2.11. The molecule has 0 aromatic rings. The average molecular weight is 172 g/mol. The van der Waals surface area contributed by atoms with E-state index in [1.165, 1.54) is 0 Å². The number of hydrogen-bond acceptors (Lipinski definition) is 3. The van der Waals surface area contributed by atoms with Crippen LogP contribution in [-0.2, 0) is 14.3 Å². The molecular formula is C9H16O3. The van der Waals surface area contributed by atoms with Gasteiger partial charge in [-0.2, -0.15) is 0 Å². The van der Waals surface area contributed by atoms with E-state index in [4.69, 9.17) is 4.74 Å². The van der Waals surface area contributed by atoms with Crippen LogP contribution in [0.1, 0.15) is 33.1 Å². The number of carbonyl (C=O) groups is 2. The highest BCUT2D eigenvalue weighted by atomic mass is 16.5. The molecule has 0 amide bonds. The van der Waals surface area contributed by atoms with E-state index in [-0.39, 0.29) is 18.3 Å². The van der Waals surface area contributed by atoms with Crippen molar-refractivity contribution in [2.75, 3.05) is 6.61 Å². The van der Waals surface area contributed by atoms with E-state index >= 15 is 0 Å². The van der Waals surface area contributed by atoms with Gasteiger partial charge >= 0.3 is 5.97 Å². The first-order chi connectivity index (χ1) is 5.76. The number of rotatable bonds is 6. The molecule has 3 nitrogen and oxygen atoms in total. The molecule has 0 aromatic heterocycles. The van der Waals surface area contributed by atoms with Crippen LogP contribution in [-0.4, -0.2) is 18.9 Å². The zero-order chi connectivity index (χ0) is 9.40. The zero-order valence-corrected chi connectivity index (χ0v) is 7.71. The maximum atomic E-state index is 11.1. The summed E-state index contributed by atoms with van der Waals surface area (Å²) >= 11 is 0. The van der Waals surface area contributed by atoms with Crippen molar-refractivity contribution in [2.24, 2.45) is 5.92 Å². The van der Waals surface area contributed by atoms with Crippen LogP contribution in [0.5, 0.6) is 0 Å². The number of aldehydes is 1. The lowest BCUT2D eigenvalue weighted by Crippen LogP contribution is -2.18. The Balaban J connectivity index is 3.89. The summed E-state index contributed by atoms with van der Waals surface area (Å²) < 4.78 is 4.81. The summed E-state index contributed by atoms with van der Waals surface area (Å²) in [4.78, 5) is 21.3. The SMILES string of the molecule is CCCC(CC=O)C(=O)OCC. The topological polar surface area (TPSA) is 43.4 Å². The summed E-state index contributed by atoms with van der Waals surface area (Å²) in [6, 6.07) is 0. The van der Waals surface area contributed by atoms with Crippen LogP contribution in [0, 0.1) is 5.92 Å². The minimum atomic E-state index is -0.244. The van der Waals surface area contributed by atoms with Gasteiger partial charge in [-0.05, 0) is 13.3 Å². The molecule has 1 unspecified atom stereocenters. The van der Waals surface area contributed by atoms with Crippen molar-refractivity contribution in [2.45, 2.75) is 33.1 Å². The van der Waals surface area contributed by atoms with E-state index in [0.717, 1.165) is 19.1 Å². The largest absolute Gasteiger partial charge is 0.466 e. The summed E-state index contributed by atoms with van der Waals surface area (Å²) in [6.07, 6.45) is 2.69. The molecule has 12 heavy (non-hydrogen) atoms. The zero-order valence-electron chi connectivity index (χ0n) is 7.71. The van der Waals surface area contributed by atoms with E-state index < -0.39 is 0 Å². The third-order valence-corrected chi connectivity index (χ3v) is 1.64. The molecule has 0 radical (unpaired) electrons. The van der Waals surface area contributed by atoms with Crippen LogP contribution in [0.15, 0.2) is 0 Å². The predicted molar refractivity (Wildman–Crippen MR) is 45.7 cm³/mol. The van der Waals surface area contributed by atoms with Gasteiger partial charge in [0, 0.05) is 6.42 Å². The lowest BCUT2D eigenvalue weighted by Gasteiger charge is -2.10. The first-order valence-corrected chi connectivity index (χ1v) is 4.36. The van der Waals surface area contributed by atoms with Crippen molar-refractivity contribution in [1.82, 2.24) is 0 Å². The quantitative estimate of drug-likeness (QED) is 0.451. The van der Waals surface area contributed by atoms with Crippen LogP contribution in [0.3, 0.4) is 0 Å². The third-order valence-electron chi connectivity index (χ3n) is 1.64. The summed E-state index contributed by atoms with van der Waals surface area (Å²) in [7, 11) is 0. The van der Waals surface area contributed by atoms with Crippen LogP contribution >= 0.6 is 0 Å². The molecule has 0 saturated carbocycles. The molecule has 70 valence electrons. The van der Waals surface area contributed by atoms with Crippen molar-refractivity contribution in [3.05, 3.63) is 0 Å². The molecule has 0 spiro atoms. The number of carbonyl (C=O) groups excluding carboxylic acids is 2. The molecule has 3 heteroatoms. The van der Waals surface area contributed by atoms with Crippen molar-refractivity contribution in [3.63, 3.8) is 0 Å². The monoisotopic (exact) mass is 172 g/mol. The van der Waals surface area contributed by atoms with Crippen LogP contribution in [0.4, 0.5) is 0 Å². The fraction of sp³-hybridized carbons (Fsp3) is 0.778. The molecule has 0 N–H and O–H groups in total. The van der Waals surface area contributed by atoms with Gasteiger partial charge in [0.15, 0.2) is 0 Å². The van der Waals surface area contributed by atoms with Gasteiger partial charge in [0.2, 0.25) is 0 Å². The molecule has 0 aliphatic heterocycles. The normalized spacial score (nSPS) is 12.2. The Hall–Kier alpha value is -0.860. The lowest BCUT2D eigenvalue weighted by molar-refractivity contribution is -0.149. The minimum absolute atomic E-state index is 0.229. The average Bonchev–Trinajstić information content (AvgIpc) is 2.04. The van der Waals surface area contributed by atoms with Gasteiger partial charge in [0.1, 0.15) is 6.29 Å². The third kappa shape index (κ3) is 4.11. The lowest BCUT2D eigenvalue weighted by atomic mass is 10.0. The molecule has 0 aliphatic rings. The highest BCUT2D eigenvalue weighted by molar-refractivity contribution is 5.75. The maximum Gasteiger partial charge on any atom is 0.309 e. The Labute approximate surface area is 73.1 Å². The molecular weight excluding hydrogens is 156 g/mol. The molecule has 0 saturated heterocycles. The number of hydrogen-bond donors (Lipinski definition) is 0. The number of esters is 1. The fourth-order valence-electron chi connectivity index (χ4n) is 1.06. The van der Waals surface area contributed by atoms with Gasteiger partial charge in [-0.3, -0.25) is 4.79 Å². The van der Waals surface area contributed by atoms with Gasteiger partial charge in [-0.15, -0.1) is 0 Å². The van der Waals surface area contributed by atoms with Gasteiger partial charge in [0.05, 0.1) is 12.5 Å². The van der Waals surface area contributed by atoms with Crippen LogP contribution in [0.2, 0.25) is 0 Å². The summed E-state index contributed by atoms with van der Waals surface area (Å²) in [5.74, 6) is -0.473. The van der Waals surface area contributed by atoms with Gasteiger partial charge in [-0.1, -0.05) is 13.3 Å². The van der Waals surface area contributed by atoms with Crippen LogP contribution < -0.4 is 0 Å². The molecule has 0 heterocycles. The maximum absolute atomic E-state index is 11.1. The van der Waals surface area contributed by atoms with Gasteiger partial charge in [-0.25, -0.2) is 0 Å². The van der Waals surface area contributed by atoms with E-state index in [1.54, 1.807) is 6.92 Å². The minimum Gasteiger partial charge on any atom is -0.466 e. The summed E-state index contributed by atoms with van der Waals surface area (Å²) in [5.41, 5.74) is 0. The molecule has 0 aromatic carbocycles. The van der Waals surface area contributed by atoms with Crippen molar-refractivity contribution in [1.29, 1.82) is 0 Å². The molecule has 0 fully saturated rings. The van der Waals surface area contributed by atoms with Gasteiger partial charge in [0.25, 0.3) is 0 Å². The predicted octanol–water partition coefficient (Wildman–Crippen LogP) is 1.55. The first kappa shape index (κ1) is 11.1. The second kappa shape index (κ2) is 6.83. The molecule has 0 rings (SSSR count). The van der Waals surface area contributed by atoms with Crippen molar-refractivity contribution < 1.29 is 14.3 Å². The van der Waals surface area contributed by atoms with Crippen LogP contribution in [0.25, 0.3) is 0 Å². The molecule has 1 atom stereocenters. The van der Waals surface area contributed by atoms with E-state index in [0.29, 0.717) is 6.61 Å². The Morgan fingerprint density at radius 3 is 2.58 bits per heavy atom. The second-order valence-corrected chi connectivity index (χ2v) is 2.64. The second-order valence-electron chi connectivity index (χ2n) is 2.64. The smallest absolute Gasteiger partial charge is 0.309 e. The van der Waals surface area contributed by atoms with E-state index in [9.17, 15) is 9.59 Å². The number of ether oxygens (including phenoxy) is 1. The Morgan fingerprint density at radius 2 is 2.17 bits per heavy atom. The summed E-state index contributed by atoms with van der Waals surface area (Å²) in [6.45, 7) is 4.14. The highest BCUT2D eigenvalue weighted by Gasteiger charge is 2.17. The standard InChI is InChI=1S/C9H16O3/c1-3-5-8(6-7-10)9(11)12-4-2/h7-8H,3-6H2,1-2H3. The van der Waals surface area contributed by atoms with Crippen molar-refractivity contribution >= 4 is 12.3 Å². The Morgan fingerprint density at radius 1 is 1.50 bits per heavy atom. The summed E-state index contributed by atoms with van der Waals surface area (Å²) in [5, 5.41) is 0. The molecule has 0 aliphatic carbocycles. The first-order valence-electron chi connectivity index (χ1n) is 4.36. The molecule has 0 bridgehead atoms.